The monoisotopic (exact) mass is 1420 g/mol. The highest BCUT2D eigenvalue weighted by atomic mass is 28.7. The van der Waals surface area contributed by atoms with Gasteiger partial charge in [-0.3, -0.25) is 0 Å². The van der Waals surface area contributed by atoms with Crippen LogP contribution in [0.2, 0.25) is 39.3 Å². The molecule has 0 aromatic rings. The second kappa shape index (κ2) is 18.0. The lowest BCUT2D eigenvalue weighted by Crippen LogP contribution is -2.86. The van der Waals surface area contributed by atoms with E-state index in [1.54, 1.807) is 0 Å². The van der Waals surface area contributed by atoms with Crippen LogP contribution in [0.1, 0.15) is 12.8 Å². The van der Waals surface area contributed by atoms with Crippen LogP contribution in [0, 0.1) is 0 Å². The average molecular weight is 1430 g/mol. The lowest BCUT2D eigenvalue weighted by Gasteiger charge is -2.54. The van der Waals surface area contributed by atoms with Crippen molar-refractivity contribution in [1.82, 2.24) is 0 Å². The van der Waals surface area contributed by atoms with Crippen LogP contribution < -0.4 is 0 Å². The largest absolute Gasteiger partial charge is 0.667 e. The molecule has 59 heteroatoms. The van der Waals surface area contributed by atoms with Gasteiger partial charge in [-0.25, -0.2) is 0 Å². The van der Waals surface area contributed by atoms with Crippen LogP contribution in [0.25, 0.3) is 0 Å². The smallest absolute Gasteiger partial charge is 0.372 e. The Morgan fingerprint density at radius 3 is 0.961 bits per heavy atom. The van der Waals surface area contributed by atoms with E-state index in [9.17, 15) is 28.8 Å². The maximum absolute atomic E-state index is 12.7. The molecule has 13 aliphatic heterocycles. The molecule has 13 rings (SSSR count). The minimum Gasteiger partial charge on any atom is -0.372 e. The molecule has 41 nitrogen and oxygen atoms in total. The summed E-state index contributed by atoms with van der Waals surface area (Å²) >= 11 is 0. The Hall–Kier alpha value is 2.26. The molecule has 13 aliphatic rings. The number of hydrogen-bond acceptors (Lipinski definition) is 41. The molecular formula is C18H48O41Si18. The van der Waals surface area contributed by atoms with Crippen LogP contribution in [0.4, 0.5) is 0 Å². The van der Waals surface area contributed by atoms with Gasteiger partial charge in [0, 0.05) is 80.6 Å². The quantitative estimate of drug-likeness (QED) is 0.142. The molecule has 438 valence electrons. The fourth-order valence-corrected chi connectivity index (χ4v) is 85.9. The zero-order valence-electron chi connectivity index (χ0n) is 41.1. The van der Waals surface area contributed by atoms with Crippen LogP contribution in [-0.2, 0) is 147 Å². The minimum absolute atomic E-state index is 0.0926. The van der Waals surface area contributed by atoms with Crippen molar-refractivity contribution in [2.75, 3.05) is 41.7 Å². The minimum atomic E-state index is -6.12. The summed E-state index contributed by atoms with van der Waals surface area (Å²) in [6.45, 7) is 5.79. The van der Waals surface area contributed by atoms with Crippen molar-refractivity contribution in [3.63, 3.8) is 0 Å². The van der Waals surface area contributed by atoms with E-state index in [4.69, 9.17) is 147 Å². The van der Waals surface area contributed by atoms with Gasteiger partial charge in [-0.2, -0.15) is 0 Å². The molecule has 0 aliphatic carbocycles. The van der Waals surface area contributed by atoms with Crippen LogP contribution in [-0.4, -0.2) is 256 Å². The number of rotatable bonds is 4. The third-order valence-corrected chi connectivity index (χ3v) is 76.3. The maximum Gasteiger partial charge on any atom is 0.667 e. The summed E-state index contributed by atoms with van der Waals surface area (Å²) in [7, 11) is -94.2. The fourth-order valence-electron chi connectivity index (χ4n) is 9.60. The van der Waals surface area contributed by atoms with Crippen molar-refractivity contribution in [1.29, 1.82) is 0 Å². The fraction of sp³-hybridized carbons (Fsp3) is 1.00. The van der Waals surface area contributed by atoms with Crippen LogP contribution >= 0.6 is 0 Å². The van der Waals surface area contributed by atoms with Gasteiger partial charge in [0.25, 0.3) is 0 Å². The predicted molar refractivity (Wildman–Crippen MR) is 248 cm³/mol. The van der Waals surface area contributed by atoms with Gasteiger partial charge in [-0.15, -0.1) is 0 Å². The molecule has 13 saturated heterocycles. The van der Waals surface area contributed by atoms with Crippen molar-refractivity contribution < 1.29 is 176 Å². The van der Waals surface area contributed by atoms with Gasteiger partial charge in [0.2, 0.25) is 0 Å². The van der Waals surface area contributed by atoms with Gasteiger partial charge in [-0.05, 0) is 0 Å². The molecule has 0 aromatic carbocycles. The van der Waals surface area contributed by atoms with Gasteiger partial charge < -0.3 is 176 Å². The van der Waals surface area contributed by atoms with Crippen molar-refractivity contribution >= 4 is 161 Å². The van der Waals surface area contributed by atoms with Crippen LogP contribution in [0.3, 0.4) is 0 Å². The molecule has 77 heavy (non-hydrogen) atoms. The Kier molecular flexibility index (Phi) is 13.6. The highest BCUT2D eigenvalue weighted by Gasteiger charge is 2.88. The van der Waals surface area contributed by atoms with E-state index in [-0.39, 0.29) is 19.4 Å². The Balaban J connectivity index is 1.06. The highest BCUT2D eigenvalue weighted by Crippen LogP contribution is 2.51. The lowest BCUT2D eigenvalue weighted by molar-refractivity contribution is -0.161. The molecule has 0 saturated carbocycles. The first kappa shape index (κ1) is 58.3. The van der Waals surface area contributed by atoms with Crippen molar-refractivity contribution in [3.8, 4) is 0 Å². The normalized spacial score (nSPS) is 62.6. The average Bonchev–Trinajstić information content (AvgIpc) is 3.55. The van der Waals surface area contributed by atoms with E-state index in [2.05, 4.69) is 0 Å². The molecule has 6 N–H and O–H groups in total. The molecule has 22 atom stereocenters. The van der Waals surface area contributed by atoms with Gasteiger partial charge in [0.1, 0.15) is 0 Å². The summed E-state index contributed by atoms with van der Waals surface area (Å²) in [6.07, 6.45) is -4.84. The second-order valence-corrected chi connectivity index (χ2v) is 64.8. The number of hydrogen-bond donors (Lipinski definition) is 6. The second-order valence-electron chi connectivity index (χ2n) is 18.6. The topological polar surface area (TPSA) is 444 Å². The van der Waals surface area contributed by atoms with E-state index >= 15 is 0 Å². The van der Waals surface area contributed by atoms with Crippen molar-refractivity contribution in [2.45, 2.75) is 76.5 Å². The Morgan fingerprint density at radius 2 is 0.571 bits per heavy atom. The molecule has 0 amide bonds. The first-order chi connectivity index (χ1) is 35.5. The molecule has 22 unspecified atom stereocenters. The maximum atomic E-state index is 12.7. The molecule has 13 heterocycles. The first-order valence-electron chi connectivity index (χ1n) is 22.5. The molecule has 13 fully saturated rings. The summed E-state index contributed by atoms with van der Waals surface area (Å²) < 4.78 is 220. The van der Waals surface area contributed by atoms with Gasteiger partial charge >= 0.3 is 161 Å². The van der Waals surface area contributed by atoms with E-state index in [0.717, 1.165) is 54.6 Å². The Labute approximate surface area is 453 Å². The summed E-state index contributed by atoms with van der Waals surface area (Å²) in [5.74, 6) is 0. The zero-order chi connectivity index (χ0) is 54.9. The summed E-state index contributed by atoms with van der Waals surface area (Å²) in [6, 6.07) is 0. The highest BCUT2D eigenvalue weighted by molar-refractivity contribution is 6.99. The summed E-state index contributed by atoms with van der Waals surface area (Å²) in [5.41, 5.74) is 0. The van der Waals surface area contributed by atoms with Crippen LogP contribution in [0.5, 0.6) is 0 Å². The van der Waals surface area contributed by atoms with Crippen molar-refractivity contribution in [3.05, 3.63) is 0 Å². The molecule has 2 spiro atoms. The van der Waals surface area contributed by atoms with E-state index in [1.165, 1.54) is 13.1 Å². The summed E-state index contributed by atoms with van der Waals surface area (Å²) in [5, 5.41) is 0. The van der Waals surface area contributed by atoms with Crippen molar-refractivity contribution in [2.24, 2.45) is 0 Å². The predicted octanol–water partition coefficient (Wildman–Crippen LogP) is -7.89. The third kappa shape index (κ3) is 10.5. The zero-order valence-corrected chi connectivity index (χ0v) is 59.1. The van der Waals surface area contributed by atoms with Gasteiger partial charge in [-0.1, -0.05) is 0 Å². The Bertz CT molecular complexity index is 2280. The Morgan fingerprint density at radius 1 is 0.286 bits per heavy atom. The SMILES string of the molecule is CO[Si]12O[Si]3(C)O[Si]4(O)O[Si](C)(O1)O[Si]1(OC)O[Si](O)(O[Si]5(C)O[Si]6(O)O[Si](C)(O[Si]78OC(CO[Si](O)(O6)O7)CC(O8)C6CC7CO[Si]8(C)O[Si]9(O)O[Si](C)(O[Si](O7)(O6)O8)O[Si](OC)(O[Si](O)(O3)O9)O2)O[Si](OC)(O5)O1)O4. The number of fused-ring (bicyclic) bond motifs is 14. The molecule has 0 aromatic heterocycles. The molecule has 0 radical (unpaired) electrons. The van der Waals surface area contributed by atoms with E-state index in [0.29, 0.717) is 0 Å². The van der Waals surface area contributed by atoms with Gasteiger partial charge in [0.05, 0.1) is 37.6 Å². The molecular weight excluding hydrogens is 1380 g/mol. The van der Waals surface area contributed by atoms with E-state index in [1.807, 2.05) is 0 Å². The van der Waals surface area contributed by atoms with E-state index < -0.39 is 192 Å². The molecule has 22 bridgehead atoms. The lowest BCUT2D eigenvalue weighted by atomic mass is 10.0. The third-order valence-electron chi connectivity index (χ3n) is 11.9. The standard InChI is InChI=1S/C18H48O41Si18/c1-25-72-45-62(7)37-69(22)40-63(8,46-72)48-74(27-3)57-71(24,54-69)38-61(6)36-68(21)42-64(9,47-73(26-2,44-61)59-74)51-77-32-16(14-30-66(19,52-68)55-77)12-18(34-77)17-11-15-13-29-60(5)35-67(20)41-65(10,50-76(31-15,33-17)43-60)49-75(28-4,58-72)56-70(23,39-62)53-67/h15-24H,11-14H2,1-10H3. The first-order valence-corrected chi connectivity index (χ1v) is 55.7. The van der Waals surface area contributed by atoms with Crippen LogP contribution in [0.15, 0.2) is 0 Å². The van der Waals surface area contributed by atoms with Gasteiger partial charge in [0.15, 0.2) is 0 Å². The summed E-state index contributed by atoms with van der Waals surface area (Å²) in [4.78, 5) is 75.4.